The third-order valence-corrected chi connectivity index (χ3v) is 4.60. The fourth-order valence-corrected chi connectivity index (χ4v) is 3.39. The van der Waals surface area contributed by atoms with Crippen LogP contribution in [0.1, 0.15) is 69.0 Å². The summed E-state index contributed by atoms with van der Waals surface area (Å²) in [6, 6.07) is 7.33. The lowest BCUT2D eigenvalue weighted by atomic mass is 10.1. The molecule has 1 aliphatic rings. The summed E-state index contributed by atoms with van der Waals surface area (Å²) in [5.41, 5.74) is 3.05. The van der Waals surface area contributed by atoms with E-state index in [9.17, 15) is 0 Å². The SMILES string of the molecule is CCCCCCCCNC1CCc2cc(Br)ccc21. The van der Waals surface area contributed by atoms with E-state index in [1.165, 1.54) is 73.5 Å². The Morgan fingerprint density at radius 3 is 2.79 bits per heavy atom. The van der Waals surface area contributed by atoms with Gasteiger partial charge < -0.3 is 5.32 Å². The first kappa shape index (κ1) is 15.1. The Balaban J connectivity index is 1.66. The van der Waals surface area contributed by atoms with Crippen molar-refractivity contribution in [3.05, 3.63) is 33.8 Å². The molecule has 2 heteroatoms. The second-order valence-corrected chi connectivity index (χ2v) is 6.57. The number of halogens is 1. The van der Waals surface area contributed by atoms with Crippen molar-refractivity contribution in [3.8, 4) is 0 Å². The van der Waals surface area contributed by atoms with Gasteiger partial charge in [-0.1, -0.05) is 61.0 Å². The van der Waals surface area contributed by atoms with Gasteiger partial charge in [-0.2, -0.15) is 0 Å². The van der Waals surface area contributed by atoms with Crippen molar-refractivity contribution in [1.29, 1.82) is 0 Å². The summed E-state index contributed by atoms with van der Waals surface area (Å²) >= 11 is 3.56. The molecule has 0 spiro atoms. The van der Waals surface area contributed by atoms with E-state index in [4.69, 9.17) is 0 Å². The van der Waals surface area contributed by atoms with Gasteiger partial charge in [0.05, 0.1) is 0 Å². The third-order valence-electron chi connectivity index (χ3n) is 4.10. The van der Waals surface area contributed by atoms with Crippen LogP contribution in [0.5, 0.6) is 0 Å². The average molecular weight is 324 g/mol. The summed E-state index contributed by atoms with van der Waals surface area (Å²) in [5.74, 6) is 0. The van der Waals surface area contributed by atoms with Gasteiger partial charge in [-0.25, -0.2) is 0 Å². The highest BCUT2D eigenvalue weighted by Gasteiger charge is 2.21. The van der Waals surface area contributed by atoms with Crippen LogP contribution in [0.25, 0.3) is 0 Å². The molecule has 0 saturated heterocycles. The highest BCUT2D eigenvalue weighted by atomic mass is 79.9. The minimum absolute atomic E-state index is 0.596. The maximum Gasteiger partial charge on any atom is 0.0326 e. The molecule has 0 fully saturated rings. The zero-order valence-corrected chi connectivity index (χ0v) is 13.6. The Morgan fingerprint density at radius 1 is 1.16 bits per heavy atom. The minimum Gasteiger partial charge on any atom is -0.310 e. The van der Waals surface area contributed by atoms with Gasteiger partial charge in [0.2, 0.25) is 0 Å². The molecule has 1 aromatic carbocycles. The van der Waals surface area contributed by atoms with Gasteiger partial charge in [-0.15, -0.1) is 0 Å². The van der Waals surface area contributed by atoms with Crippen LogP contribution in [0.3, 0.4) is 0 Å². The maximum absolute atomic E-state index is 3.73. The Labute approximate surface area is 126 Å². The van der Waals surface area contributed by atoms with E-state index in [-0.39, 0.29) is 0 Å². The van der Waals surface area contributed by atoms with E-state index >= 15 is 0 Å². The molecule has 1 aliphatic carbocycles. The molecule has 0 aliphatic heterocycles. The average Bonchev–Trinajstić information content (AvgIpc) is 2.80. The van der Waals surface area contributed by atoms with E-state index in [1.54, 1.807) is 0 Å². The van der Waals surface area contributed by atoms with Crippen molar-refractivity contribution >= 4 is 15.9 Å². The highest BCUT2D eigenvalue weighted by molar-refractivity contribution is 9.10. The van der Waals surface area contributed by atoms with Crippen molar-refractivity contribution in [1.82, 2.24) is 5.32 Å². The number of hydrogen-bond acceptors (Lipinski definition) is 1. The van der Waals surface area contributed by atoms with E-state index < -0.39 is 0 Å². The zero-order chi connectivity index (χ0) is 13.5. The lowest BCUT2D eigenvalue weighted by Crippen LogP contribution is -2.20. The van der Waals surface area contributed by atoms with Gasteiger partial charge in [0.25, 0.3) is 0 Å². The number of hydrogen-bond donors (Lipinski definition) is 1. The maximum atomic E-state index is 3.73. The third kappa shape index (κ3) is 4.61. The normalized spacial score (nSPS) is 17.7. The first-order valence-electron chi connectivity index (χ1n) is 7.83. The monoisotopic (exact) mass is 323 g/mol. The molecule has 0 saturated carbocycles. The summed E-state index contributed by atoms with van der Waals surface area (Å²) in [7, 11) is 0. The standard InChI is InChI=1S/C17H26BrN/c1-2-3-4-5-6-7-12-19-17-11-8-14-13-15(18)9-10-16(14)17/h9-10,13,17,19H,2-8,11-12H2,1H3. The van der Waals surface area contributed by atoms with Crippen LogP contribution in [-0.2, 0) is 6.42 Å². The van der Waals surface area contributed by atoms with Crippen LogP contribution in [0.2, 0.25) is 0 Å². The molecule has 0 radical (unpaired) electrons. The number of benzene rings is 1. The summed E-state index contributed by atoms with van der Waals surface area (Å²) in [5, 5.41) is 3.73. The van der Waals surface area contributed by atoms with Crippen molar-refractivity contribution in [2.45, 2.75) is 64.3 Å². The fraction of sp³-hybridized carbons (Fsp3) is 0.647. The van der Waals surface area contributed by atoms with Crippen LogP contribution in [0, 0.1) is 0 Å². The molecule has 106 valence electrons. The molecule has 1 aromatic rings. The van der Waals surface area contributed by atoms with Crippen LogP contribution in [-0.4, -0.2) is 6.54 Å². The van der Waals surface area contributed by atoms with Gasteiger partial charge in [0.15, 0.2) is 0 Å². The van der Waals surface area contributed by atoms with E-state index in [2.05, 4.69) is 46.4 Å². The minimum atomic E-state index is 0.596. The van der Waals surface area contributed by atoms with Gasteiger partial charge in [-0.05, 0) is 49.1 Å². The summed E-state index contributed by atoms with van der Waals surface area (Å²) in [6.45, 7) is 3.45. The van der Waals surface area contributed by atoms with Crippen molar-refractivity contribution in [2.75, 3.05) is 6.54 Å². The van der Waals surface area contributed by atoms with E-state index in [1.807, 2.05) is 0 Å². The fourth-order valence-electron chi connectivity index (χ4n) is 2.98. The van der Waals surface area contributed by atoms with E-state index in [0.717, 1.165) is 0 Å². The molecule has 0 amide bonds. The lowest BCUT2D eigenvalue weighted by molar-refractivity contribution is 0.501. The van der Waals surface area contributed by atoms with Gasteiger partial charge in [0, 0.05) is 10.5 Å². The molecule has 1 unspecified atom stereocenters. The molecule has 0 aromatic heterocycles. The van der Waals surface area contributed by atoms with Crippen LogP contribution >= 0.6 is 15.9 Å². The second kappa shape index (κ2) is 8.06. The van der Waals surface area contributed by atoms with Gasteiger partial charge >= 0.3 is 0 Å². The topological polar surface area (TPSA) is 12.0 Å². The van der Waals surface area contributed by atoms with Crippen molar-refractivity contribution in [2.24, 2.45) is 0 Å². The quantitative estimate of drug-likeness (QED) is 0.633. The predicted octanol–water partition coefficient (Wildman–Crippen LogP) is 5.39. The first-order valence-corrected chi connectivity index (χ1v) is 8.62. The summed E-state index contributed by atoms with van der Waals surface area (Å²) in [4.78, 5) is 0. The Bertz CT molecular complexity index is 389. The molecular formula is C17H26BrN. The number of fused-ring (bicyclic) bond motifs is 1. The molecule has 0 bridgehead atoms. The second-order valence-electron chi connectivity index (χ2n) is 5.66. The molecule has 1 N–H and O–H groups in total. The van der Waals surface area contributed by atoms with E-state index in [0.29, 0.717) is 6.04 Å². The largest absolute Gasteiger partial charge is 0.310 e. The number of nitrogens with one attached hydrogen (secondary N) is 1. The Kier molecular flexibility index (Phi) is 6.39. The summed E-state index contributed by atoms with van der Waals surface area (Å²) in [6.07, 6.45) is 10.8. The molecule has 1 atom stereocenters. The highest BCUT2D eigenvalue weighted by Crippen LogP contribution is 2.32. The predicted molar refractivity (Wildman–Crippen MR) is 86.6 cm³/mol. The van der Waals surface area contributed by atoms with Crippen molar-refractivity contribution < 1.29 is 0 Å². The molecular weight excluding hydrogens is 298 g/mol. The number of aryl methyl sites for hydroxylation is 1. The van der Waals surface area contributed by atoms with Gasteiger partial charge in [0.1, 0.15) is 0 Å². The molecule has 19 heavy (non-hydrogen) atoms. The zero-order valence-electron chi connectivity index (χ0n) is 12.1. The Hall–Kier alpha value is -0.340. The first-order chi connectivity index (χ1) is 9.31. The van der Waals surface area contributed by atoms with Crippen LogP contribution < -0.4 is 5.32 Å². The van der Waals surface area contributed by atoms with Crippen LogP contribution in [0.4, 0.5) is 0 Å². The van der Waals surface area contributed by atoms with Gasteiger partial charge in [-0.3, -0.25) is 0 Å². The number of unbranched alkanes of at least 4 members (excludes halogenated alkanes) is 5. The molecule has 0 heterocycles. The Morgan fingerprint density at radius 2 is 1.95 bits per heavy atom. The lowest BCUT2D eigenvalue weighted by Gasteiger charge is -2.14. The smallest absolute Gasteiger partial charge is 0.0326 e. The number of rotatable bonds is 8. The summed E-state index contributed by atoms with van der Waals surface area (Å²) < 4.78 is 1.21. The van der Waals surface area contributed by atoms with Crippen molar-refractivity contribution in [3.63, 3.8) is 0 Å². The van der Waals surface area contributed by atoms with Crippen LogP contribution in [0.15, 0.2) is 22.7 Å². The molecule has 1 nitrogen and oxygen atoms in total. The molecule has 2 rings (SSSR count).